The molecule has 0 N–H and O–H groups in total. The Labute approximate surface area is 286 Å². The van der Waals surface area contributed by atoms with Crippen molar-refractivity contribution >= 4 is 49.4 Å². The van der Waals surface area contributed by atoms with Gasteiger partial charge in [0.1, 0.15) is 0 Å². The van der Waals surface area contributed by atoms with Crippen molar-refractivity contribution in [3.63, 3.8) is 0 Å². The number of aromatic nitrogens is 1. The van der Waals surface area contributed by atoms with E-state index in [2.05, 4.69) is 187 Å². The smallest absolute Gasteiger partial charge is 0.0547 e. The maximum atomic E-state index is 2.46. The minimum atomic E-state index is 0.353. The number of hydrogen-bond donors (Lipinski definition) is 0. The molecule has 1 aromatic heterocycles. The van der Waals surface area contributed by atoms with Gasteiger partial charge in [-0.25, -0.2) is 0 Å². The molecule has 0 amide bonds. The monoisotopic (exact) mass is 623 g/mol. The highest BCUT2D eigenvalue weighted by Gasteiger charge is 2.21. The van der Waals surface area contributed by atoms with Gasteiger partial charge in [0.2, 0.25) is 0 Å². The summed E-state index contributed by atoms with van der Waals surface area (Å²) in [5.41, 5.74) is 12.8. The summed E-state index contributed by atoms with van der Waals surface area (Å²) in [7, 11) is 0. The molecule has 0 spiro atoms. The molecule has 9 aromatic rings. The normalized spacial score (nSPS) is 14.2. The van der Waals surface area contributed by atoms with Crippen LogP contribution in [0.5, 0.6) is 0 Å². The summed E-state index contributed by atoms with van der Waals surface area (Å²) < 4.78 is 2.46. The van der Waals surface area contributed by atoms with Gasteiger partial charge in [0, 0.05) is 22.1 Å². The molecule has 0 saturated carbocycles. The fourth-order valence-corrected chi connectivity index (χ4v) is 8.16. The van der Waals surface area contributed by atoms with Crippen LogP contribution in [0.2, 0.25) is 0 Å². The van der Waals surface area contributed by atoms with Gasteiger partial charge < -0.3 is 4.57 Å². The van der Waals surface area contributed by atoms with E-state index in [9.17, 15) is 0 Å². The van der Waals surface area contributed by atoms with Gasteiger partial charge in [-0.3, -0.25) is 0 Å². The number of rotatable bonds is 4. The maximum Gasteiger partial charge on any atom is 0.0547 e. The van der Waals surface area contributed by atoms with Gasteiger partial charge in [0.15, 0.2) is 0 Å². The molecular formula is C48H33N. The number of fused-ring (bicyclic) bond motifs is 7. The van der Waals surface area contributed by atoms with Crippen LogP contribution in [0.4, 0.5) is 0 Å². The third-order valence-electron chi connectivity index (χ3n) is 10.5. The Bertz CT molecular complexity index is 2720. The molecule has 8 aromatic carbocycles. The van der Waals surface area contributed by atoms with E-state index in [1.807, 2.05) is 0 Å². The summed E-state index contributed by atoms with van der Waals surface area (Å²) in [5.74, 6) is 0.353. The Morgan fingerprint density at radius 1 is 0.449 bits per heavy atom. The summed E-state index contributed by atoms with van der Waals surface area (Å²) in [5, 5.41) is 7.64. The Hall–Kier alpha value is -6.18. The summed E-state index contributed by atoms with van der Waals surface area (Å²) in [6, 6.07) is 62.6. The maximum absolute atomic E-state index is 2.46. The molecule has 1 heteroatoms. The molecule has 0 fully saturated rings. The zero-order valence-electron chi connectivity index (χ0n) is 27.1. The van der Waals surface area contributed by atoms with E-state index in [0.29, 0.717) is 5.92 Å². The lowest BCUT2D eigenvalue weighted by molar-refractivity contribution is 0.820. The molecule has 0 aliphatic heterocycles. The Morgan fingerprint density at radius 2 is 1.10 bits per heavy atom. The van der Waals surface area contributed by atoms with Gasteiger partial charge >= 0.3 is 0 Å². The molecule has 1 nitrogen and oxygen atoms in total. The average Bonchev–Trinajstić information content (AvgIpc) is 3.51. The number of nitrogens with zero attached hydrogens (tertiary/aromatic N) is 1. The molecule has 1 atom stereocenters. The van der Waals surface area contributed by atoms with E-state index in [1.54, 1.807) is 0 Å². The first-order valence-electron chi connectivity index (χ1n) is 17.2. The Kier molecular flexibility index (Phi) is 6.38. The quantitative estimate of drug-likeness (QED) is 0.184. The predicted octanol–water partition coefficient (Wildman–Crippen LogP) is 13.0. The summed E-state index contributed by atoms with van der Waals surface area (Å²) >= 11 is 0. The Balaban J connectivity index is 1.10. The third-order valence-corrected chi connectivity index (χ3v) is 10.5. The second-order valence-electron chi connectivity index (χ2n) is 13.3. The van der Waals surface area contributed by atoms with Crippen molar-refractivity contribution in [2.24, 2.45) is 0 Å². The van der Waals surface area contributed by atoms with E-state index in [-0.39, 0.29) is 0 Å². The van der Waals surface area contributed by atoms with Crippen LogP contribution in [0, 0.1) is 0 Å². The largest absolute Gasteiger partial charge is 0.309 e. The first-order valence-corrected chi connectivity index (χ1v) is 17.2. The van der Waals surface area contributed by atoms with Crippen LogP contribution in [0.15, 0.2) is 176 Å². The van der Waals surface area contributed by atoms with Crippen LogP contribution < -0.4 is 0 Å². The molecule has 0 saturated heterocycles. The van der Waals surface area contributed by atoms with Crippen LogP contribution in [0.3, 0.4) is 0 Å². The Morgan fingerprint density at radius 3 is 1.96 bits per heavy atom. The van der Waals surface area contributed by atoms with Gasteiger partial charge in [-0.2, -0.15) is 0 Å². The molecule has 1 aliphatic carbocycles. The van der Waals surface area contributed by atoms with Crippen molar-refractivity contribution in [2.45, 2.75) is 12.3 Å². The van der Waals surface area contributed by atoms with E-state index >= 15 is 0 Å². The zero-order chi connectivity index (χ0) is 32.3. The highest BCUT2D eigenvalue weighted by molar-refractivity contribution is 6.22. The fraction of sp³-hybridized carbons (Fsp3) is 0.0417. The molecule has 0 bridgehead atoms. The standard InChI is InChI=1S/C48H33N/c1-2-10-32(11-3-1)33-20-22-36(23-21-33)40-18-8-15-39-30-37(24-27-41(39)40)38-26-28-46-44(31-38)48-43-17-7-5-13-35(43)25-29-47(48)49(46)45-19-9-14-34-12-4-6-16-42(34)45/h1-17,19-31,40H,18H2. The van der Waals surface area contributed by atoms with Gasteiger partial charge in [-0.15, -0.1) is 0 Å². The lowest BCUT2D eigenvalue weighted by Crippen LogP contribution is -2.05. The lowest BCUT2D eigenvalue weighted by Gasteiger charge is -2.23. The van der Waals surface area contributed by atoms with Crippen LogP contribution in [-0.4, -0.2) is 4.57 Å². The summed E-state index contributed by atoms with van der Waals surface area (Å²) in [6.45, 7) is 0. The van der Waals surface area contributed by atoms with Crippen LogP contribution in [0.25, 0.3) is 77.4 Å². The average molecular weight is 624 g/mol. The van der Waals surface area contributed by atoms with Crippen molar-refractivity contribution in [2.75, 3.05) is 0 Å². The van der Waals surface area contributed by atoms with Crippen molar-refractivity contribution in [3.8, 4) is 27.9 Å². The highest BCUT2D eigenvalue weighted by Crippen LogP contribution is 2.42. The molecule has 230 valence electrons. The SMILES string of the molecule is C1=Cc2cc(-c3ccc4c(c3)c3c5ccccc5ccc3n4-c3cccc4ccccc34)ccc2C(c2ccc(-c3ccccc3)cc2)C1. The van der Waals surface area contributed by atoms with Crippen LogP contribution >= 0.6 is 0 Å². The number of allylic oxidation sites excluding steroid dienone is 1. The predicted molar refractivity (Wildman–Crippen MR) is 209 cm³/mol. The van der Waals surface area contributed by atoms with E-state index in [4.69, 9.17) is 0 Å². The number of hydrogen-bond acceptors (Lipinski definition) is 0. The molecule has 10 rings (SSSR count). The minimum absolute atomic E-state index is 0.353. The summed E-state index contributed by atoms with van der Waals surface area (Å²) in [4.78, 5) is 0. The summed E-state index contributed by atoms with van der Waals surface area (Å²) in [6.07, 6.45) is 5.67. The molecule has 1 aliphatic rings. The van der Waals surface area contributed by atoms with Crippen molar-refractivity contribution in [3.05, 3.63) is 193 Å². The minimum Gasteiger partial charge on any atom is -0.309 e. The number of benzene rings is 8. The lowest BCUT2D eigenvalue weighted by atomic mass is 9.81. The van der Waals surface area contributed by atoms with Crippen molar-refractivity contribution < 1.29 is 0 Å². The third kappa shape index (κ3) is 4.54. The molecule has 49 heavy (non-hydrogen) atoms. The fourth-order valence-electron chi connectivity index (χ4n) is 8.16. The van der Waals surface area contributed by atoms with Crippen LogP contribution in [-0.2, 0) is 0 Å². The molecule has 0 radical (unpaired) electrons. The van der Waals surface area contributed by atoms with E-state index in [1.165, 1.54) is 88.0 Å². The van der Waals surface area contributed by atoms with E-state index in [0.717, 1.165) is 6.42 Å². The highest BCUT2D eigenvalue weighted by atomic mass is 15.0. The first kappa shape index (κ1) is 27.9. The first-order chi connectivity index (χ1) is 24.3. The van der Waals surface area contributed by atoms with Crippen LogP contribution in [0.1, 0.15) is 29.0 Å². The van der Waals surface area contributed by atoms with Gasteiger partial charge in [-0.1, -0.05) is 152 Å². The molecule has 1 unspecified atom stereocenters. The molecule has 1 heterocycles. The zero-order valence-corrected chi connectivity index (χ0v) is 27.1. The second-order valence-corrected chi connectivity index (χ2v) is 13.3. The van der Waals surface area contributed by atoms with Gasteiger partial charge in [0.25, 0.3) is 0 Å². The van der Waals surface area contributed by atoms with Crippen molar-refractivity contribution in [1.82, 2.24) is 4.57 Å². The van der Waals surface area contributed by atoms with Crippen molar-refractivity contribution in [1.29, 1.82) is 0 Å². The second kappa shape index (κ2) is 11.2. The van der Waals surface area contributed by atoms with Gasteiger partial charge in [-0.05, 0) is 91.9 Å². The molecular weight excluding hydrogens is 591 g/mol. The van der Waals surface area contributed by atoms with Gasteiger partial charge in [0.05, 0.1) is 16.7 Å². The topological polar surface area (TPSA) is 4.93 Å². The van der Waals surface area contributed by atoms with E-state index < -0.39 is 0 Å².